The van der Waals surface area contributed by atoms with Crippen LogP contribution in [-0.4, -0.2) is 65.0 Å². The first-order valence-corrected chi connectivity index (χ1v) is 10.1. The van der Waals surface area contributed by atoms with Crippen molar-refractivity contribution in [2.24, 2.45) is 4.99 Å². The van der Waals surface area contributed by atoms with Gasteiger partial charge < -0.3 is 18.2 Å². The minimum absolute atomic E-state index is 0.520. The van der Waals surface area contributed by atoms with Crippen molar-refractivity contribution in [3.05, 3.63) is 0 Å². The van der Waals surface area contributed by atoms with Gasteiger partial charge in [0.05, 0.1) is 0 Å². The van der Waals surface area contributed by atoms with E-state index in [1.54, 1.807) is 0 Å². The van der Waals surface area contributed by atoms with E-state index < -0.39 is 8.80 Å². The normalized spacial score (nSPS) is 13.2. The standard InChI is InChI=1S/C15H34N2O3Si/c1-7-17(8-2)13-12-15(6)16-14-21(18-9-3,19-10-4)20-11-5/h7-14H2,1-6H3. The predicted octanol–water partition coefficient (Wildman–Crippen LogP) is 2.77. The second-order valence-electron chi connectivity index (χ2n) is 4.81. The fourth-order valence-electron chi connectivity index (χ4n) is 2.09. The van der Waals surface area contributed by atoms with Gasteiger partial charge in [-0.05, 0) is 47.2 Å². The van der Waals surface area contributed by atoms with Crippen LogP contribution in [0.25, 0.3) is 0 Å². The Bertz CT molecular complexity index is 267. The molecule has 0 aromatic heterocycles. The summed E-state index contributed by atoms with van der Waals surface area (Å²) >= 11 is 0. The van der Waals surface area contributed by atoms with E-state index in [1.807, 2.05) is 20.8 Å². The number of nitrogens with zero attached hydrogens (tertiary/aromatic N) is 2. The summed E-state index contributed by atoms with van der Waals surface area (Å²) in [6.45, 7) is 17.4. The molecule has 0 saturated heterocycles. The number of rotatable bonds is 13. The van der Waals surface area contributed by atoms with Gasteiger partial charge in [0.1, 0.15) is 6.17 Å². The molecule has 0 unspecified atom stereocenters. The second-order valence-corrected chi connectivity index (χ2v) is 7.36. The number of hydrogen-bond acceptors (Lipinski definition) is 5. The minimum atomic E-state index is -2.63. The largest absolute Gasteiger partial charge is 0.523 e. The summed E-state index contributed by atoms with van der Waals surface area (Å²) in [7, 11) is -2.63. The molecule has 0 aliphatic rings. The molecule has 0 N–H and O–H groups in total. The van der Waals surface area contributed by atoms with Gasteiger partial charge in [-0.15, -0.1) is 0 Å². The van der Waals surface area contributed by atoms with Crippen LogP contribution in [0.2, 0.25) is 0 Å². The van der Waals surface area contributed by atoms with Crippen molar-refractivity contribution in [1.82, 2.24) is 4.90 Å². The van der Waals surface area contributed by atoms with Gasteiger partial charge in [-0.2, -0.15) is 0 Å². The summed E-state index contributed by atoms with van der Waals surface area (Å²) in [5, 5.41) is 0. The molecule has 6 heteroatoms. The van der Waals surface area contributed by atoms with E-state index >= 15 is 0 Å². The van der Waals surface area contributed by atoms with Crippen molar-refractivity contribution in [3.63, 3.8) is 0 Å². The first-order chi connectivity index (χ1) is 10.1. The highest BCUT2D eigenvalue weighted by molar-refractivity contribution is 6.61. The van der Waals surface area contributed by atoms with Gasteiger partial charge in [0, 0.05) is 32.1 Å². The van der Waals surface area contributed by atoms with Crippen LogP contribution in [0, 0.1) is 0 Å². The zero-order chi connectivity index (χ0) is 16.1. The predicted molar refractivity (Wildman–Crippen MR) is 91.0 cm³/mol. The molecule has 0 rings (SSSR count). The van der Waals surface area contributed by atoms with Crippen LogP contribution >= 0.6 is 0 Å². The van der Waals surface area contributed by atoms with E-state index in [-0.39, 0.29) is 0 Å². The fourth-order valence-corrected chi connectivity index (χ4v) is 4.40. The van der Waals surface area contributed by atoms with E-state index in [0.29, 0.717) is 26.0 Å². The van der Waals surface area contributed by atoms with Gasteiger partial charge in [-0.1, -0.05) is 13.8 Å². The minimum Gasteiger partial charge on any atom is -0.373 e. The lowest BCUT2D eigenvalue weighted by Crippen LogP contribution is -2.49. The molecule has 0 radical (unpaired) electrons. The monoisotopic (exact) mass is 318 g/mol. The number of hydrogen-bond donors (Lipinski definition) is 0. The van der Waals surface area contributed by atoms with Crippen LogP contribution in [0.5, 0.6) is 0 Å². The third-order valence-electron chi connectivity index (χ3n) is 3.32. The quantitative estimate of drug-likeness (QED) is 0.387. The molecule has 0 atom stereocenters. The first-order valence-electron chi connectivity index (χ1n) is 8.21. The van der Waals surface area contributed by atoms with Crippen molar-refractivity contribution >= 4 is 14.5 Å². The molecule has 0 heterocycles. The van der Waals surface area contributed by atoms with Crippen molar-refractivity contribution in [2.45, 2.75) is 48.0 Å². The molecule has 21 heavy (non-hydrogen) atoms. The van der Waals surface area contributed by atoms with E-state index in [1.165, 1.54) is 0 Å². The van der Waals surface area contributed by atoms with Gasteiger partial charge in [0.2, 0.25) is 0 Å². The van der Waals surface area contributed by atoms with Crippen LogP contribution in [-0.2, 0) is 13.3 Å². The molecule has 126 valence electrons. The van der Waals surface area contributed by atoms with Crippen molar-refractivity contribution in [2.75, 3.05) is 45.6 Å². The smallest absolute Gasteiger partial charge is 0.373 e. The lowest BCUT2D eigenvalue weighted by molar-refractivity contribution is 0.0729. The van der Waals surface area contributed by atoms with Crippen LogP contribution in [0.1, 0.15) is 48.0 Å². The Hall–Kier alpha value is -0.273. The van der Waals surface area contributed by atoms with E-state index in [9.17, 15) is 0 Å². The lowest BCUT2D eigenvalue weighted by atomic mass is 10.3. The van der Waals surface area contributed by atoms with E-state index in [4.69, 9.17) is 13.3 Å². The third-order valence-corrected chi connectivity index (χ3v) is 6.05. The summed E-state index contributed by atoms with van der Waals surface area (Å²) in [5.74, 6) is 0. The van der Waals surface area contributed by atoms with Crippen LogP contribution in [0.3, 0.4) is 0 Å². The summed E-state index contributed by atoms with van der Waals surface area (Å²) in [4.78, 5) is 7.07. The zero-order valence-electron chi connectivity index (χ0n) is 14.8. The molecular weight excluding hydrogens is 284 g/mol. The van der Waals surface area contributed by atoms with Crippen molar-refractivity contribution < 1.29 is 13.3 Å². The molecule has 0 amide bonds. The van der Waals surface area contributed by atoms with Gasteiger partial charge >= 0.3 is 8.80 Å². The van der Waals surface area contributed by atoms with Crippen molar-refractivity contribution in [3.8, 4) is 0 Å². The highest BCUT2D eigenvalue weighted by atomic mass is 28.4. The summed E-state index contributed by atoms with van der Waals surface area (Å²) in [6.07, 6.45) is 1.50. The van der Waals surface area contributed by atoms with Crippen LogP contribution in [0.15, 0.2) is 4.99 Å². The Balaban J connectivity index is 4.57. The topological polar surface area (TPSA) is 43.3 Å². The molecule has 0 aromatic carbocycles. The van der Waals surface area contributed by atoms with Crippen LogP contribution in [0.4, 0.5) is 0 Å². The summed E-state index contributed by atoms with van der Waals surface area (Å²) < 4.78 is 17.4. The van der Waals surface area contributed by atoms with Crippen LogP contribution < -0.4 is 0 Å². The summed E-state index contributed by atoms with van der Waals surface area (Å²) in [6, 6.07) is 0. The second kappa shape index (κ2) is 12.3. The number of aliphatic imine (C=N–C) groups is 1. The maximum atomic E-state index is 5.81. The molecule has 0 aliphatic heterocycles. The van der Waals surface area contributed by atoms with Crippen molar-refractivity contribution in [1.29, 1.82) is 0 Å². The highest BCUT2D eigenvalue weighted by Crippen LogP contribution is 2.11. The highest BCUT2D eigenvalue weighted by Gasteiger charge is 2.40. The average Bonchev–Trinajstić information content (AvgIpc) is 2.47. The molecule has 5 nitrogen and oxygen atoms in total. The maximum Gasteiger partial charge on any atom is 0.523 e. The molecule has 0 bridgehead atoms. The molecule has 0 saturated carbocycles. The maximum absolute atomic E-state index is 5.81. The SMILES string of the molecule is CCO[Si](CN=C(C)CCN(CC)CC)(OCC)OCC. The van der Waals surface area contributed by atoms with Gasteiger partial charge in [-0.3, -0.25) is 4.99 Å². The lowest BCUT2D eigenvalue weighted by Gasteiger charge is -2.27. The Labute approximate surface area is 132 Å². The first kappa shape index (κ1) is 20.7. The Morgan fingerprint density at radius 1 is 0.905 bits per heavy atom. The molecule has 0 aromatic rings. The average molecular weight is 319 g/mol. The Kier molecular flexibility index (Phi) is 12.1. The van der Waals surface area contributed by atoms with Gasteiger partial charge in [0.25, 0.3) is 0 Å². The Morgan fingerprint density at radius 3 is 1.76 bits per heavy atom. The molecule has 0 aliphatic carbocycles. The molecule has 0 spiro atoms. The van der Waals surface area contributed by atoms with Gasteiger partial charge in [0.15, 0.2) is 0 Å². The third kappa shape index (κ3) is 8.68. The molecular formula is C15H34N2O3Si. The Morgan fingerprint density at radius 2 is 1.38 bits per heavy atom. The van der Waals surface area contributed by atoms with E-state index in [2.05, 4.69) is 30.7 Å². The fraction of sp³-hybridized carbons (Fsp3) is 0.933. The zero-order valence-corrected chi connectivity index (χ0v) is 15.8. The summed E-state index contributed by atoms with van der Waals surface area (Å²) in [5.41, 5.74) is 1.14. The van der Waals surface area contributed by atoms with Gasteiger partial charge in [-0.25, -0.2) is 0 Å². The van der Waals surface area contributed by atoms with E-state index in [0.717, 1.165) is 31.8 Å². The molecule has 0 fully saturated rings.